The Bertz CT molecular complexity index is 1640. The number of aryl methyl sites for hydroxylation is 2. The maximum absolute atomic E-state index is 6.04. The predicted octanol–water partition coefficient (Wildman–Crippen LogP) is 7.25. The molecule has 1 N–H and O–H groups in total. The highest BCUT2D eigenvalue weighted by Crippen LogP contribution is 2.34. The molecule has 4 aromatic carbocycles. The fraction of sp³-hybridized carbons (Fsp3) is 0.107. The first-order chi connectivity index (χ1) is 15.6. The van der Waals surface area contributed by atoms with E-state index in [1.165, 1.54) is 27.6 Å². The number of aromatic nitrogens is 2. The van der Waals surface area contributed by atoms with Gasteiger partial charge >= 0.3 is 0 Å². The quantitative estimate of drug-likeness (QED) is 0.330. The van der Waals surface area contributed by atoms with Crippen molar-refractivity contribution >= 4 is 38.9 Å². The van der Waals surface area contributed by atoms with Gasteiger partial charge in [0.15, 0.2) is 0 Å². The van der Waals surface area contributed by atoms with Crippen LogP contribution in [0.1, 0.15) is 11.1 Å². The van der Waals surface area contributed by atoms with Crippen molar-refractivity contribution in [3.8, 4) is 16.8 Å². The number of nitrogens with zero attached hydrogens (tertiary/aromatic N) is 2. The fourth-order valence-corrected chi connectivity index (χ4v) is 4.59. The molecule has 4 nitrogen and oxygen atoms in total. The lowest BCUT2D eigenvalue weighted by Crippen LogP contribution is -2.03. The van der Waals surface area contributed by atoms with Gasteiger partial charge in [-0.15, -0.1) is 0 Å². The largest absolute Gasteiger partial charge is 0.456 e. The summed E-state index contributed by atoms with van der Waals surface area (Å²) in [5.41, 5.74) is 9.84. The lowest BCUT2D eigenvalue weighted by Gasteiger charge is -2.13. The van der Waals surface area contributed by atoms with E-state index in [0.29, 0.717) is 0 Å². The fourth-order valence-electron chi connectivity index (χ4n) is 4.59. The minimum absolute atomic E-state index is 0.837. The molecule has 0 saturated carbocycles. The zero-order chi connectivity index (χ0) is 21.8. The number of rotatable bonds is 3. The monoisotopic (exact) mass is 417 g/mol. The van der Waals surface area contributed by atoms with Crippen molar-refractivity contribution in [2.75, 3.05) is 12.4 Å². The van der Waals surface area contributed by atoms with E-state index >= 15 is 0 Å². The number of hydrogen-bond acceptors (Lipinski definition) is 3. The van der Waals surface area contributed by atoms with Crippen LogP contribution in [0.4, 0.5) is 5.95 Å². The highest BCUT2D eigenvalue weighted by Gasteiger charge is 2.14. The molecule has 4 heteroatoms. The van der Waals surface area contributed by atoms with Crippen molar-refractivity contribution in [2.45, 2.75) is 13.8 Å². The standard InChI is InChI=1S/C28H23N3O/c1-17-8-12-26-21(14-17)22-16-20(10-13-27(22)32-26)19-9-11-24(18(2)15-19)31-25-7-5-4-6-23(25)30-28(31)29-3/h4-16H,1-3H3,(H,29,30). The molecule has 156 valence electrons. The molecule has 0 bridgehead atoms. The molecule has 0 aliphatic rings. The van der Waals surface area contributed by atoms with Crippen LogP contribution in [0.15, 0.2) is 83.3 Å². The molecule has 0 atom stereocenters. The second kappa shape index (κ2) is 6.99. The van der Waals surface area contributed by atoms with E-state index < -0.39 is 0 Å². The van der Waals surface area contributed by atoms with Crippen molar-refractivity contribution in [1.82, 2.24) is 9.55 Å². The van der Waals surface area contributed by atoms with Crippen LogP contribution in [0.2, 0.25) is 0 Å². The van der Waals surface area contributed by atoms with Crippen molar-refractivity contribution in [3.05, 3.63) is 90.0 Å². The topological polar surface area (TPSA) is 43.0 Å². The van der Waals surface area contributed by atoms with Gasteiger partial charge < -0.3 is 9.73 Å². The third-order valence-corrected chi connectivity index (χ3v) is 6.18. The van der Waals surface area contributed by atoms with Crippen LogP contribution in [0.5, 0.6) is 0 Å². The van der Waals surface area contributed by atoms with Gasteiger partial charge in [-0.25, -0.2) is 4.98 Å². The Labute approximate surface area is 186 Å². The summed E-state index contributed by atoms with van der Waals surface area (Å²) in [5.74, 6) is 0.837. The Balaban J connectivity index is 1.49. The van der Waals surface area contributed by atoms with Crippen LogP contribution in [-0.2, 0) is 0 Å². The minimum Gasteiger partial charge on any atom is -0.456 e. The molecule has 2 aromatic heterocycles. The lowest BCUT2D eigenvalue weighted by molar-refractivity contribution is 0.669. The van der Waals surface area contributed by atoms with Gasteiger partial charge in [-0.3, -0.25) is 4.57 Å². The smallest absolute Gasteiger partial charge is 0.208 e. The SMILES string of the molecule is CNc1nc2ccccc2n1-c1ccc(-c2ccc3oc4ccc(C)cc4c3c2)cc1C. The molecule has 0 radical (unpaired) electrons. The maximum atomic E-state index is 6.04. The summed E-state index contributed by atoms with van der Waals surface area (Å²) in [5, 5.41) is 5.56. The maximum Gasteiger partial charge on any atom is 0.208 e. The van der Waals surface area contributed by atoms with Crippen molar-refractivity contribution in [1.29, 1.82) is 0 Å². The molecule has 0 spiro atoms. The molecule has 0 amide bonds. The van der Waals surface area contributed by atoms with Gasteiger partial charge in [0.1, 0.15) is 11.2 Å². The number of nitrogens with one attached hydrogen (secondary N) is 1. The number of anilines is 1. The summed E-state index contributed by atoms with van der Waals surface area (Å²) >= 11 is 0. The highest BCUT2D eigenvalue weighted by atomic mass is 16.3. The molecule has 6 aromatic rings. The molecule has 0 unspecified atom stereocenters. The second-order valence-electron chi connectivity index (χ2n) is 8.32. The Hall–Kier alpha value is -4.05. The summed E-state index contributed by atoms with van der Waals surface area (Å²) in [4.78, 5) is 4.73. The molecule has 6 rings (SSSR count). The molecular weight excluding hydrogens is 394 g/mol. The Kier molecular flexibility index (Phi) is 4.08. The molecule has 0 saturated heterocycles. The first-order valence-electron chi connectivity index (χ1n) is 10.8. The normalized spacial score (nSPS) is 11.6. The van der Waals surface area contributed by atoms with Crippen molar-refractivity contribution in [2.24, 2.45) is 0 Å². The molecule has 2 heterocycles. The van der Waals surface area contributed by atoms with Crippen molar-refractivity contribution < 1.29 is 4.42 Å². The second-order valence-corrected chi connectivity index (χ2v) is 8.32. The first kappa shape index (κ1) is 18.7. The van der Waals surface area contributed by atoms with Gasteiger partial charge in [-0.1, -0.05) is 35.9 Å². The Morgan fingerprint density at radius 1 is 0.781 bits per heavy atom. The summed E-state index contributed by atoms with van der Waals surface area (Å²) < 4.78 is 8.22. The highest BCUT2D eigenvalue weighted by molar-refractivity contribution is 6.06. The van der Waals surface area contributed by atoms with E-state index in [0.717, 1.165) is 39.2 Å². The average Bonchev–Trinajstić information content (AvgIpc) is 3.36. The van der Waals surface area contributed by atoms with Crippen LogP contribution in [-0.4, -0.2) is 16.6 Å². The zero-order valence-electron chi connectivity index (χ0n) is 18.3. The van der Waals surface area contributed by atoms with E-state index in [2.05, 4.69) is 90.5 Å². The molecule has 32 heavy (non-hydrogen) atoms. The third kappa shape index (κ3) is 2.80. The van der Waals surface area contributed by atoms with Crippen LogP contribution in [0.25, 0.3) is 49.8 Å². The van der Waals surface area contributed by atoms with Crippen molar-refractivity contribution in [3.63, 3.8) is 0 Å². The van der Waals surface area contributed by atoms with E-state index in [-0.39, 0.29) is 0 Å². The Morgan fingerprint density at radius 3 is 2.31 bits per heavy atom. The number of imidazole rings is 1. The average molecular weight is 418 g/mol. The molecule has 0 fully saturated rings. The number of fused-ring (bicyclic) bond motifs is 4. The molecular formula is C28H23N3O. The van der Waals surface area contributed by atoms with E-state index in [4.69, 9.17) is 9.40 Å². The Morgan fingerprint density at radius 2 is 1.50 bits per heavy atom. The lowest BCUT2D eigenvalue weighted by atomic mass is 10.00. The van der Waals surface area contributed by atoms with Gasteiger partial charge in [0.25, 0.3) is 0 Å². The number of para-hydroxylation sites is 2. The van der Waals surface area contributed by atoms with Gasteiger partial charge in [0.05, 0.1) is 16.7 Å². The predicted molar refractivity (Wildman–Crippen MR) is 133 cm³/mol. The van der Waals surface area contributed by atoms with Crippen LogP contribution in [0, 0.1) is 13.8 Å². The van der Waals surface area contributed by atoms with Gasteiger partial charge in [0.2, 0.25) is 5.95 Å². The number of furan rings is 1. The van der Waals surface area contributed by atoms with Gasteiger partial charge in [-0.05, 0) is 79.1 Å². The first-order valence-corrected chi connectivity index (χ1v) is 10.8. The van der Waals surface area contributed by atoms with Gasteiger partial charge in [0, 0.05) is 17.8 Å². The summed E-state index contributed by atoms with van der Waals surface area (Å²) in [7, 11) is 1.91. The zero-order valence-corrected chi connectivity index (χ0v) is 18.3. The van der Waals surface area contributed by atoms with Crippen LogP contribution >= 0.6 is 0 Å². The van der Waals surface area contributed by atoms with Gasteiger partial charge in [-0.2, -0.15) is 0 Å². The summed E-state index contributed by atoms with van der Waals surface area (Å²) in [6.07, 6.45) is 0. The molecule has 0 aliphatic carbocycles. The third-order valence-electron chi connectivity index (χ3n) is 6.18. The molecule has 0 aliphatic heterocycles. The summed E-state index contributed by atoms with van der Waals surface area (Å²) in [6, 6.07) is 27.6. The van der Waals surface area contributed by atoms with Crippen LogP contribution < -0.4 is 5.32 Å². The number of benzene rings is 4. The van der Waals surface area contributed by atoms with E-state index in [1.807, 2.05) is 19.2 Å². The van der Waals surface area contributed by atoms with E-state index in [9.17, 15) is 0 Å². The minimum atomic E-state index is 0.837. The van der Waals surface area contributed by atoms with Crippen LogP contribution in [0.3, 0.4) is 0 Å². The number of hydrogen-bond donors (Lipinski definition) is 1. The summed E-state index contributed by atoms with van der Waals surface area (Å²) in [6.45, 7) is 4.27. The van der Waals surface area contributed by atoms with E-state index in [1.54, 1.807) is 0 Å².